The molecule has 0 aliphatic rings. The summed E-state index contributed by atoms with van der Waals surface area (Å²) in [6.45, 7) is 4.00. The van der Waals surface area contributed by atoms with Crippen LogP contribution in [0.1, 0.15) is 0 Å². The standard InChI is InChI=1S/2CH2O.H2O3S/c2*1-2;1-4(2)3/h2*1H2;(H2,1,2,3). The normalized spacial score (nSPS) is 5.38. The summed E-state index contributed by atoms with van der Waals surface area (Å²) in [7, 11) is 0. The fourth-order valence-electron chi connectivity index (χ4n) is 0. The highest BCUT2D eigenvalue weighted by atomic mass is 32.2. The van der Waals surface area contributed by atoms with E-state index in [2.05, 4.69) is 0 Å². The Kier molecular flexibility index (Phi) is 63.2. The summed E-state index contributed by atoms with van der Waals surface area (Å²) < 4.78 is 22.8. The van der Waals surface area contributed by atoms with Gasteiger partial charge in [0, 0.05) is 0 Å². The molecule has 0 aromatic rings. The second-order valence-electron chi connectivity index (χ2n) is 0.231. The molecule has 0 aliphatic carbocycles. The van der Waals surface area contributed by atoms with Gasteiger partial charge in [0.2, 0.25) is 0 Å². The summed E-state index contributed by atoms with van der Waals surface area (Å²) in [6.07, 6.45) is 0. The Bertz CT molecular complexity index is 48.4. The van der Waals surface area contributed by atoms with Crippen molar-refractivity contribution in [2.75, 3.05) is 0 Å². The lowest BCUT2D eigenvalue weighted by molar-refractivity contribution is -0.0987. The average Bonchev–Trinajstić information content (AvgIpc) is 1.75. The highest BCUT2D eigenvalue weighted by molar-refractivity contribution is 7.73. The first-order valence-corrected chi connectivity index (χ1v) is 2.17. The van der Waals surface area contributed by atoms with Crippen molar-refractivity contribution in [1.29, 1.82) is 0 Å². The Morgan fingerprint density at radius 3 is 1.00 bits per heavy atom. The Hall–Kier alpha value is -0.590. The monoisotopic (exact) mass is 142 g/mol. The summed E-state index contributed by atoms with van der Waals surface area (Å²) in [5.41, 5.74) is 0. The van der Waals surface area contributed by atoms with E-state index in [4.69, 9.17) is 22.9 Å². The lowest BCUT2D eigenvalue weighted by atomic mass is 11.9. The third-order valence-electron chi connectivity index (χ3n) is 0. The van der Waals surface area contributed by atoms with Crippen LogP contribution in [0.5, 0.6) is 0 Å². The topological polar surface area (TPSA) is 91.7 Å². The summed E-state index contributed by atoms with van der Waals surface area (Å²) >= 11 is -2.61. The lowest BCUT2D eigenvalue weighted by Crippen LogP contribution is -1.74. The van der Waals surface area contributed by atoms with Crippen molar-refractivity contribution in [3.63, 3.8) is 0 Å². The van der Waals surface area contributed by atoms with Crippen molar-refractivity contribution in [1.82, 2.24) is 0 Å². The molecule has 0 bridgehead atoms. The van der Waals surface area contributed by atoms with E-state index in [1.807, 2.05) is 13.6 Å². The molecule has 0 spiro atoms. The molecule has 0 saturated carbocycles. The predicted molar refractivity (Wildman–Crippen MR) is 27.6 cm³/mol. The van der Waals surface area contributed by atoms with Crippen LogP contribution in [0.3, 0.4) is 0 Å². The number of hydrogen-bond donors (Lipinski definition) is 2. The van der Waals surface area contributed by atoms with Crippen LogP contribution in [0.25, 0.3) is 0 Å². The Morgan fingerprint density at radius 1 is 1.00 bits per heavy atom. The smallest absolute Gasteiger partial charge is 0.299 e. The number of rotatable bonds is 0. The van der Waals surface area contributed by atoms with E-state index in [0.29, 0.717) is 0 Å². The molecule has 0 heterocycles. The van der Waals surface area contributed by atoms with Crippen LogP contribution in [0, 0.1) is 0 Å². The number of carbonyl (C=O) groups excluding carboxylic acids is 2. The van der Waals surface area contributed by atoms with Crippen LogP contribution in [0.2, 0.25) is 0 Å². The zero-order chi connectivity index (χ0) is 7.58. The second kappa shape index (κ2) is 32.3. The van der Waals surface area contributed by atoms with Gasteiger partial charge in [-0.25, -0.2) is 0 Å². The minimum atomic E-state index is -2.61. The molecule has 5 nitrogen and oxygen atoms in total. The van der Waals surface area contributed by atoms with Gasteiger partial charge in [-0.15, -0.1) is 0 Å². The molecule has 6 heteroatoms. The molecular formula is C2H6O5S. The summed E-state index contributed by atoms with van der Waals surface area (Å²) in [4.78, 5) is 16.0. The second-order valence-corrected chi connectivity index (χ2v) is 0.692. The fraction of sp³-hybridized carbons (Fsp3) is 0. The van der Waals surface area contributed by atoms with E-state index in [0.717, 1.165) is 0 Å². The quantitative estimate of drug-likeness (QED) is 0.437. The number of carbonyl (C=O) groups is 2. The van der Waals surface area contributed by atoms with Crippen molar-refractivity contribution in [3.05, 3.63) is 0 Å². The molecule has 0 radical (unpaired) electrons. The van der Waals surface area contributed by atoms with Gasteiger partial charge in [-0.2, -0.15) is 4.21 Å². The molecule has 2 N–H and O–H groups in total. The molecule has 0 aliphatic heterocycles. The molecule has 0 fully saturated rings. The molecule has 0 aromatic heterocycles. The van der Waals surface area contributed by atoms with Gasteiger partial charge in [0.05, 0.1) is 0 Å². The lowest BCUT2D eigenvalue weighted by Gasteiger charge is -1.59. The average molecular weight is 142 g/mol. The highest BCUT2D eigenvalue weighted by Crippen LogP contribution is 1.44. The summed E-state index contributed by atoms with van der Waals surface area (Å²) in [5.74, 6) is 0. The maximum atomic E-state index is 8.67. The van der Waals surface area contributed by atoms with Gasteiger partial charge in [0.1, 0.15) is 13.6 Å². The third-order valence-corrected chi connectivity index (χ3v) is 0. The van der Waals surface area contributed by atoms with Crippen LogP contribution in [0.15, 0.2) is 0 Å². The maximum Gasteiger partial charge on any atom is 0.299 e. The maximum absolute atomic E-state index is 8.67. The van der Waals surface area contributed by atoms with Gasteiger partial charge >= 0.3 is 0 Å². The summed E-state index contributed by atoms with van der Waals surface area (Å²) in [6, 6.07) is 0. The van der Waals surface area contributed by atoms with Crippen molar-refractivity contribution in [2.45, 2.75) is 0 Å². The van der Waals surface area contributed by atoms with Gasteiger partial charge in [0.15, 0.2) is 0 Å². The number of hydrogen-bond acceptors (Lipinski definition) is 3. The molecule has 0 unspecified atom stereocenters. The molecule has 8 heavy (non-hydrogen) atoms. The fourth-order valence-corrected chi connectivity index (χ4v) is 0. The first-order chi connectivity index (χ1) is 3.73. The van der Waals surface area contributed by atoms with Crippen LogP contribution in [0.4, 0.5) is 0 Å². The van der Waals surface area contributed by atoms with Crippen molar-refractivity contribution in [3.8, 4) is 0 Å². The van der Waals surface area contributed by atoms with Gasteiger partial charge in [-0.05, 0) is 0 Å². The third kappa shape index (κ3) is 302. The van der Waals surface area contributed by atoms with E-state index in [1.165, 1.54) is 0 Å². The van der Waals surface area contributed by atoms with Crippen LogP contribution < -0.4 is 0 Å². The molecule has 0 aromatic carbocycles. The molecule has 0 amide bonds. The van der Waals surface area contributed by atoms with Gasteiger partial charge in [-0.1, -0.05) is 0 Å². The van der Waals surface area contributed by atoms with Crippen LogP contribution in [-0.4, -0.2) is 26.9 Å². The van der Waals surface area contributed by atoms with Crippen molar-refractivity contribution >= 4 is 24.9 Å². The van der Waals surface area contributed by atoms with E-state index in [1.54, 1.807) is 0 Å². The minimum absolute atomic E-state index is 2.00. The Morgan fingerprint density at radius 2 is 1.00 bits per heavy atom. The first-order valence-electron chi connectivity index (χ1n) is 1.11. The minimum Gasteiger partial charge on any atom is -0.307 e. The molecular weight excluding hydrogens is 136 g/mol. The van der Waals surface area contributed by atoms with E-state index in [-0.39, 0.29) is 0 Å². The zero-order valence-electron chi connectivity index (χ0n) is 3.94. The summed E-state index contributed by atoms with van der Waals surface area (Å²) in [5, 5.41) is 0. The van der Waals surface area contributed by atoms with Crippen molar-refractivity contribution in [2.24, 2.45) is 0 Å². The Balaban J connectivity index is -0.0000000542. The largest absolute Gasteiger partial charge is 0.307 e. The molecule has 0 saturated heterocycles. The zero-order valence-corrected chi connectivity index (χ0v) is 4.76. The van der Waals surface area contributed by atoms with Gasteiger partial charge in [0.25, 0.3) is 11.4 Å². The van der Waals surface area contributed by atoms with E-state index in [9.17, 15) is 0 Å². The molecule has 0 rings (SSSR count). The SMILES string of the molecule is C=O.C=O.O=S(O)O. The van der Waals surface area contributed by atoms with E-state index < -0.39 is 11.4 Å². The van der Waals surface area contributed by atoms with Crippen LogP contribution >= 0.6 is 0 Å². The van der Waals surface area contributed by atoms with E-state index >= 15 is 0 Å². The first kappa shape index (κ1) is 15.7. The molecule has 50 valence electrons. The predicted octanol–water partition coefficient (Wildman–Crippen LogP) is -0.689. The molecule has 0 atom stereocenters. The van der Waals surface area contributed by atoms with Gasteiger partial charge < -0.3 is 9.59 Å². The Labute approximate surface area is 48.8 Å². The van der Waals surface area contributed by atoms with Gasteiger partial charge in [-0.3, -0.25) is 9.11 Å². The van der Waals surface area contributed by atoms with Crippen molar-refractivity contribution < 1.29 is 22.9 Å². The van der Waals surface area contributed by atoms with Crippen LogP contribution in [-0.2, 0) is 21.0 Å². The highest BCUT2D eigenvalue weighted by Gasteiger charge is 1.62.